The van der Waals surface area contributed by atoms with Gasteiger partial charge in [-0.1, -0.05) is 19.4 Å². The molecule has 5 heteroatoms. The van der Waals surface area contributed by atoms with Gasteiger partial charge in [0.15, 0.2) is 11.5 Å². The van der Waals surface area contributed by atoms with Crippen LogP contribution in [0.25, 0.3) is 0 Å². The molecular formula is C14H22N2O3. The van der Waals surface area contributed by atoms with Gasteiger partial charge in [0.1, 0.15) is 0 Å². The number of ether oxygens (including phenoxy) is 2. The summed E-state index contributed by atoms with van der Waals surface area (Å²) < 4.78 is 10.9. The number of hydrogen-bond donors (Lipinski definition) is 2. The van der Waals surface area contributed by atoms with Gasteiger partial charge in [0.2, 0.25) is 5.91 Å². The first-order chi connectivity index (χ1) is 9.21. The average Bonchev–Trinajstić information content (AvgIpc) is 2.45. The Labute approximate surface area is 114 Å². The Morgan fingerprint density at radius 1 is 1.37 bits per heavy atom. The highest BCUT2D eigenvalue weighted by Gasteiger charge is 2.07. The summed E-state index contributed by atoms with van der Waals surface area (Å²) in [6.45, 7) is 2.78. The van der Waals surface area contributed by atoms with Gasteiger partial charge in [-0.2, -0.15) is 0 Å². The van der Waals surface area contributed by atoms with Crippen molar-refractivity contribution in [3.63, 3.8) is 0 Å². The van der Waals surface area contributed by atoms with E-state index in [2.05, 4.69) is 12.3 Å². The minimum atomic E-state index is -0.177. The smallest absolute Gasteiger partial charge is 0.234 e. The molecule has 0 fully saturated rings. The van der Waals surface area contributed by atoms with Crippen LogP contribution in [0.1, 0.15) is 31.7 Å². The first-order valence-corrected chi connectivity index (χ1v) is 6.50. The van der Waals surface area contributed by atoms with Crippen LogP contribution in [-0.4, -0.2) is 19.6 Å². The maximum atomic E-state index is 11.1. The lowest BCUT2D eigenvalue weighted by molar-refractivity contribution is -0.121. The number of hydrogen-bond acceptors (Lipinski definition) is 4. The molecular weight excluding hydrogens is 244 g/mol. The second kappa shape index (κ2) is 8.37. The zero-order valence-electron chi connectivity index (χ0n) is 11.6. The van der Waals surface area contributed by atoms with Gasteiger partial charge in [-0.3, -0.25) is 10.2 Å². The zero-order chi connectivity index (χ0) is 14.1. The van der Waals surface area contributed by atoms with E-state index in [4.69, 9.17) is 15.3 Å². The minimum Gasteiger partial charge on any atom is -0.493 e. The number of benzene rings is 1. The lowest BCUT2D eigenvalue weighted by atomic mass is 10.1. The Morgan fingerprint density at radius 3 is 2.79 bits per heavy atom. The molecule has 0 unspecified atom stereocenters. The van der Waals surface area contributed by atoms with E-state index in [1.54, 1.807) is 7.11 Å². The fraction of sp³-hybridized carbons (Fsp3) is 0.500. The maximum absolute atomic E-state index is 11.1. The van der Waals surface area contributed by atoms with Crippen LogP contribution in [0.4, 0.5) is 0 Å². The van der Waals surface area contributed by atoms with Crippen molar-refractivity contribution in [3.05, 3.63) is 23.8 Å². The van der Waals surface area contributed by atoms with Gasteiger partial charge in [-0.25, -0.2) is 5.84 Å². The van der Waals surface area contributed by atoms with Gasteiger partial charge >= 0.3 is 0 Å². The minimum absolute atomic E-state index is 0.177. The first-order valence-electron chi connectivity index (χ1n) is 6.50. The molecule has 1 rings (SSSR count). The van der Waals surface area contributed by atoms with E-state index in [-0.39, 0.29) is 5.91 Å². The molecule has 0 heterocycles. The maximum Gasteiger partial charge on any atom is 0.234 e. The molecule has 0 aliphatic rings. The summed E-state index contributed by atoms with van der Waals surface area (Å²) in [5, 5.41) is 0. The zero-order valence-corrected chi connectivity index (χ0v) is 11.6. The van der Waals surface area contributed by atoms with E-state index in [1.807, 2.05) is 18.2 Å². The Hall–Kier alpha value is -1.75. The first kappa shape index (κ1) is 15.3. The highest BCUT2D eigenvalue weighted by molar-refractivity contribution is 5.75. The number of aryl methyl sites for hydroxylation is 1. The lowest BCUT2D eigenvalue weighted by Crippen LogP contribution is -2.30. The van der Waals surface area contributed by atoms with Crippen LogP contribution in [0.15, 0.2) is 18.2 Å². The summed E-state index contributed by atoms with van der Waals surface area (Å²) in [5.41, 5.74) is 3.14. The number of rotatable bonds is 8. The van der Waals surface area contributed by atoms with Crippen LogP contribution in [-0.2, 0) is 11.2 Å². The highest BCUT2D eigenvalue weighted by atomic mass is 16.5. The Morgan fingerprint density at radius 2 is 2.16 bits per heavy atom. The van der Waals surface area contributed by atoms with E-state index in [1.165, 1.54) is 0 Å². The molecule has 0 aromatic heterocycles. The molecule has 1 aromatic rings. The Balaban J connectivity index is 2.68. The predicted molar refractivity (Wildman–Crippen MR) is 74.0 cm³/mol. The second-order valence-corrected chi connectivity index (χ2v) is 4.25. The van der Waals surface area contributed by atoms with Crippen molar-refractivity contribution in [2.45, 2.75) is 32.6 Å². The van der Waals surface area contributed by atoms with Gasteiger partial charge in [0, 0.05) is 6.42 Å². The quantitative estimate of drug-likeness (QED) is 0.326. The average molecular weight is 266 g/mol. The van der Waals surface area contributed by atoms with Gasteiger partial charge in [0.25, 0.3) is 0 Å². The molecule has 19 heavy (non-hydrogen) atoms. The summed E-state index contributed by atoms with van der Waals surface area (Å²) in [5.74, 6) is 6.31. The number of nitrogens with one attached hydrogen (secondary N) is 1. The summed E-state index contributed by atoms with van der Waals surface area (Å²) in [4.78, 5) is 11.1. The monoisotopic (exact) mass is 266 g/mol. The van der Waals surface area contributed by atoms with Crippen LogP contribution in [0.3, 0.4) is 0 Å². The fourth-order valence-electron chi connectivity index (χ4n) is 1.65. The van der Waals surface area contributed by atoms with Gasteiger partial charge in [-0.15, -0.1) is 0 Å². The molecule has 0 aliphatic heterocycles. The summed E-state index contributed by atoms with van der Waals surface area (Å²) in [7, 11) is 1.61. The van der Waals surface area contributed by atoms with E-state index in [0.29, 0.717) is 25.2 Å². The highest BCUT2D eigenvalue weighted by Crippen LogP contribution is 2.28. The van der Waals surface area contributed by atoms with Crippen molar-refractivity contribution in [2.24, 2.45) is 5.84 Å². The molecule has 0 saturated heterocycles. The third-order valence-corrected chi connectivity index (χ3v) is 2.79. The van der Waals surface area contributed by atoms with E-state index in [9.17, 15) is 4.79 Å². The van der Waals surface area contributed by atoms with Crippen molar-refractivity contribution in [1.29, 1.82) is 0 Å². The number of carbonyl (C=O) groups is 1. The number of unbranched alkanes of at least 4 members (excludes halogenated alkanes) is 1. The largest absolute Gasteiger partial charge is 0.493 e. The summed E-state index contributed by atoms with van der Waals surface area (Å²) in [6.07, 6.45) is 3.07. The van der Waals surface area contributed by atoms with Gasteiger partial charge in [-0.05, 0) is 30.5 Å². The van der Waals surface area contributed by atoms with Crippen molar-refractivity contribution in [1.82, 2.24) is 5.43 Å². The normalized spacial score (nSPS) is 10.1. The molecule has 0 bridgehead atoms. The number of methoxy groups -OCH3 is 1. The fourth-order valence-corrected chi connectivity index (χ4v) is 1.65. The molecule has 1 amide bonds. The third kappa shape index (κ3) is 5.18. The molecule has 0 atom stereocenters. The van der Waals surface area contributed by atoms with E-state index in [0.717, 1.165) is 24.2 Å². The second-order valence-electron chi connectivity index (χ2n) is 4.25. The Bertz CT molecular complexity index is 408. The van der Waals surface area contributed by atoms with Crippen LogP contribution in [0.2, 0.25) is 0 Å². The standard InChI is InChI=1S/C14H22N2O3/c1-3-4-9-19-13-10-11(5-7-12(13)18-2)6-8-14(17)16-15/h5,7,10H,3-4,6,8-9,15H2,1-2H3,(H,16,17). The molecule has 0 saturated carbocycles. The van der Waals surface area contributed by atoms with Crippen molar-refractivity contribution >= 4 is 5.91 Å². The predicted octanol–water partition coefficient (Wildman–Crippen LogP) is 1.80. The molecule has 5 nitrogen and oxygen atoms in total. The molecule has 3 N–H and O–H groups in total. The molecule has 0 spiro atoms. The number of nitrogens with two attached hydrogens (primary N) is 1. The Kier molecular flexibility index (Phi) is 6.74. The number of hydrazine groups is 1. The molecule has 0 radical (unpaired) electrons. The SMILES string of the molecule is CCCCOc1cc(CCC(=O)NN)ccc1OC. The van der Waals surface area contributed by atoms with Gasteiger partial charge in [0.05, 0.1) is 13.7 Å². The lowest BCUT2D eigenvalue weighted by Gasteiger charge is -2.12. The molecule has 106 valence electrons. The van der Waals surface area contributed by atoms with E-state index < -0.39 is 0 Å². The topological polar surface area (TPSA) is 73.6 Å². The number of amides is 1. The van der Waals surface area contributed by atoms with Crippen molar-refractivity contribution in [2.75, 3.05) is 13.7 Å². The van der Waals surface area contributed by atoms with Crippen LogP contribution in [0.5, 0.6) is 11.5 Å². The van der Waals surface area contributed by atoms with Crippen molar-refractivity contribution in [3.8, 4) is 11.5 Å². The third-order valence-electron chi connectivity index (χ3n) is 2.79. The van der Waals surface area contributed by atoms with E-state index >= 15 is 0 Å². The van der Waals surface area contributed by atoms with Crippen molar-refractivity contribution < 1.29 is 14.3 Å². The molecule has 1 aromatic carbocycles. The summed E-state index contributed by atoms with van der Waals surface area (Å²) in [6, 6.07) is 5.70. The van der Waals surface area contributed by atoms with Crippen LogP contribution >= 0.6 is 0 Å². The van der Waals surface area contributed by atoms with Crippen LogP contribution in [0, 0.1) is 0 Å². The summed E-state index contributed by atoms with van der Waals surface area (Å²) >= 11 is 0. The number of carbonyl (C=O) groups excluding carboxylic acids is 1. The van der Waals surface area contributed by atoms with Gasteiger partial charge < -0.3 is 9.47 Å². The van der Waals surface area contributed by atoms with Crippen LogP contribution < -0.4 is 20.7 Å². The molecule has 0 aliphatic carbocycles.